The summed E-state index contributed by atoms with van der Waals surface area (Å²) in [6.45, 7) is 1.42. The molecular weight excluding hydrogens is 267 g/mol. The number of nitrogens with one attached hydrogen (secondary N) is 1. The summed E-state index contributed by atoms with van der Waals surface area (Å²) in [5.74, 6) is -3.03. The monoisotopic (exact) mass is 280 g/mol. The van der Waals surface area contributed by atoms with E-state index in [2.05, 4.69) is 5.32 Å². The number of hydrogen-bond acceptors (Lipinski definition) is 4. The number of phenolic OH excluding ortho intramolecular Hbond substituents is 1. The number of carbonyl (C=O) groups excluding carboxylic acids is 3. The highest BCUT2D eigenvalue weighted by Gasteiger charge is 2.36. The molecule has 1 aliphatic heterocycles. The van der Waals surface area contributed by atoms with Crippen molar-refractivity contribution in [2.24, 2.45) is 0 Å². The Morgan fingerprint density at radius 2 is 2.20 bits per heavy atom. The molecule has 0 aliphatic carbocycles. The summed E-state index contributed by atoms with van der Waals surface area (Å²) < 4.78 is 12.9. The maximum absolute atomic E-state index is 12.9. The Labute approximate surface area is 114 Å². The predicted molar refractivity (Wildman–Crippen MR) is 66.3 cm³/mol. The van der Waals surface area contributed by atoms with Crippen molar-refractivity contribution in [2.45, 2.75) is 19.4 Å². The first-order chi connectivity index (χ1) is 9.43. The Morgan fingerprint density at radius 3 is 2.80 bits per heavy atom. The minimum atomic E-state index is -0.787. The second-order valence-electron chi connectivity index (χ2n) is 4.43. The molecule has 1 atom stereocenters. The second kappa shape index (κ2) is 5.28. The Balaban J connectivity index is 2.34. The van der Waals surface area contributed by atoms with Crippen molar-refractivity contribution in [3.8, 4) is 5.75 Å². The van der Waals surface area contributed by atoms with Crippen LogP contribution < -0.4 is 5.32 Å². The molecule has 3 amide bonds. The minimum absolute atomic E-state index is 0.146. The third kappa shape index (κ3) is 2.47. The molecule has 0 spiro atoms. The number of phenols is 1. The highest BCUT2D eigenvalue weighted by atomic mass is 19.1. The fourth-order valence-corrected chi connectivity index (χ4v) is 2.13. The fraction of sp³-hybridized carbons (Fsp3) is 0.308. The lowest BCUT2D eigenvalue weighted by Crippen LogP contribution is -2.59. The smallest absolute Gasteiger partial charge is 0.258 e. The topological polar surface area (TPSA) is 86.7 Å². The van der Waals surface area contributed by atoms with E-state index in [-0.39, 0.29) is 12.1 Å². The number of benzene rings is 1. The van der Waals surface area contributed by atoms with E-state index in [4.69, 9.17) is 0 Å². The Bertz CT molecular complexity index is 588. The zero-order chi connectivity index (χ0) is 14.9. The van der Waals surface area contributed by atoms with E-state index in [0.29, 0.717) is 6.42 Å². The fourth-order valence-electron chi connectivity index (χ4n) is 2.13. The van der Waals surface area contributed by atoms with Crippen LogP contribution in [0.4, 0.5) is 4.39 Å². The summed E-state index contributed by atoms with van der Waals surface area (Å²) >= 11 is 0. The van der Waals surface area contributed by atoms with Gasteiger partial charge in [0.15, 0.2) is 0 Å². The maximum atomic E-state index is 12.9. The number of amides is 3. The maximum Gasteiger partial charge on any atom is 0.258 e. The molecule has 7 heteroatoms. The molecule has 1 aromatic carbocycles. The van der Waals surface area contributed by atoms with Crippen molar-refractivity contribution in [2.75, 3.05) is 6.54 Å². The molecule has 1 saturated heterocycles. The predicted octanol–water partition coefficient (Wildman–Crippen LogP) is 0.408. The van der Waals surface area contributed by atoms with Crippen LogP contribution in [0.15, 0.2) is 18.2 Å². The normalized spacial score (nSPS) is 18.9. The summed E-state index contributed by atoms with van der Waals surface area (Å²) in [6, 6.07) is 2.17. The number of nitrogens with zero attached hydrogens (tertiary/aromatic N) is 1. The average Bonchev–Trinajstić information content (AvgIpc) is 2.37. The van der Waals surface area contributed by atoms with Crippen LogP contribution in [0.3, 0.4) is 0 Å². The number of aromatic hydroxyl groups is 1. The first-order valence-electron chi connectivity index (χ1n) is 6.07. The van der Waals surface area contributed by atoms with Gasteiger partial charge < -0.3 is 10.0 Å². The number of carbonyl (C=O) groups is 3. The summed E-state index contributed by atoms with van der Waals surface area (Å²) in [7, 11) is 0. The van der Waals surface area contributed by atoms with Gasteiger partial charge in [0.25, 0.3) is 5.91 Å². The summed E-state index contributed by atoms with van der Waals surface area (Å²) in [5.41, 5.74) is -0.146. The Hall–Kier alpha value is -2.44. The molecule has 0 aromatic heterocycles. The number of piperazine rings is 1. The highest BCUT2D eigenvalue weighted by Crippen LogP contribution is 2.22. The molecule has 0 saturated carbocycles. The zero-order valence-corrected chi connectivity index (χ0v) is 10.7. The second-order valence-corrected chi connectivity index (χ2v) is 4.43. The van der Waals surface area contributed by atoms with Crippen LogP contribution in [0.5, 0.6) is 5.75 Å². The molecule has 1 unspecified atom stereocenters. The molecule has 1 aromatic rings. The van der Waals surface area contributed by atoms with Crippen LogP contribution in [0, 0.1) is 5.82 Å². The first kappa shape index (κ1) is 14.0. The summed E-state index contributed by atoms with van der Waals surface area (Å²) in [6.07, 6.45) is 0.326. The van der Waals surface area contributed by atoms with Crippen LogP contribution in [-0.4, -0.2) is 40.3 Å². The van der Waals surface area contributed by atoms with Crippen LogP contribution in [0.2, 0.25) is 0 Å². The molecule has 1 aliphatic rings. The first-order valence-corrected chi connectivity index (χ1v) is 6.07. The minimum Gasteiger partial charge on any atom is -0.507 e. The van der Waals surface area contributed by atoms with Crippen molar-refractivity contribution in [3.05, 3.63) is 29.6 Å². The third-order valence-corrected chi connectivity index (χ3v) is 3.09. The lowest BCUT2D eigenvalue weighted by molar-refractivity contribution is -0.138. The average molecular weight is 280 g/mol. The van der Waals surface area contributed by atoms with Crippen molar-refractivity contribution in [1.82, 2.24) is 10.2 Å². The molecule has 0 radical (unpaired) electrons. The lowest BCUT2D eigenvalue weighted by atomic mass is 10.1. The molecule has 1 heterocycles. The van der Waals surface area contributed by atoms with Gasteiger partial charge >= 0.3 is 0 Å². The van der Waals surface area contributed by atoms with Gasteiger partial charge in [-0.3, -0.25) is 19.7 Å². The largest absolute Gasteiger partial charge is 0.507 e. The van der Waals surface area contributed by atoms with E-state index in [1.165, 1.54) is 0 Å². The van der Waals surface area contributed by atoms with Crippen LogP contribution in [0.25, 0.3) is 0 Å². The van der Waals surface area contributed by atoms with Crippen molar-refractivity contribution < 1.29 is 23.9 Å². The van der Waals surface area contributed by atoms with Gasteiger partial charge in [0, 0.05) is 6.07 Å². The van der Waals surface area contributed by atoms with Gasteiger partial charge in [0.1, 0.15) is 24.2 Å². The molecule has 106 valence electrons. The van der Waals surface area contributed by atoms with Crippen molar-refractivity contribution >= 4 is 17.7 Å². The van der Waals surface area contributed by atoms with Crippen LogP contribution >= 0.6 is 0 Å². The summed E-state index contributed by atoms with van der Waals surface area (Å²) in [5, 5.41) is 11.8. The van der Waals surface area contributed by atoms with E-state index < -0.39 is 35.3 Å². The molecule has 0 bridgehead atoms. The van der Waals surface area contributed by atoms with Gasteiger partial charge in [0.05, 0.1) is 5.56 Å². The van der Waals surface area contributed by atoms with Gasteiger partial charge in [0.2, 0.25) is 11.8 Å². The molecule has 6 nitrogen and oxygen atoms in total. The third-order valence-electron chi connectivity index (χ3n) is 3.09. The van der Waals surface area contributed by atoms with E-state index in [1.807, 2.05) is 0 Å². The summed E-state index contributed by atoms with van der Waals surface area (Å²) in [4.78, 5) is 36.4. The van der Waals surface area contributed by atoms with Gasteiger partial charge in [-0.2, -0.15) is 0 Å². The SMILES string of the molecule is CCC1C(=O)NC(=O)CN1C(=O)c1ccc(F)cc1O. The highest BCUT2D eigenvalue weighted by molar-refractivity contribution is 6.07. The van der Waals surface area contributed by atoms with Gasteiger partial charge in [-0.15, -0.1) is 0 Å². The number of rotatable bonds is 2. The standard InChI is InChI=1S/C13H13FN2O4/c1-2-9-12(19)15-11(18)6-16(9)13(20)8-4-3-7(14)5-10(8)17/h3-5,9,17H,2,6H2,1H3,(H,15,18,19). The van der Waals surface area contributed by atoms with Crippen molar-refractivity contribution in [1.29, 1.82) is 0 Å². The lowest BCUT2D eigenvalue weighted by Gasteiger charge is -2.33. The van der Waals surface area contributed by atoms with E-state index in [0.717, 1.165) is 23.1 Å². The Kier molecular flexibility index (Phi) is 3.69. The number of halogens is 1. The van der Waals surface area contributed by atoms with Crippen LogP contribution in [0.1, 0.15) is 23.7 Å². The molecule has 20 heavy (non-hydrogen) atoms. The molecule has 2 rings (SSSR count). The molecule has 1 fully saturated rings. The Morgan fingerprint density at radius 1 is 1.50 bits per heavy atom. The number of imide groups is 1. The van der Waals surface area contributed by atoms with Crippen LogP contribution in [-0.2, 0) is 9.59 Å². The van der Waals surface area contributed by atoms with Gasteiger partial charge in [-0.05, 0) is 18.6 Å². The van der Waals surface area contributed by atoms with Gasteiger partial charge in [-0.1, -0.05) is 6.92 Å². The van der Waals surface area contributed by atoms with Gasteiger partial charge in [-0.25, -0.2) is 4.39 Å². The quantitative estimate of drug-likeness (QED) is 0.768. The van der Waals surface area contributed by atoms with E-state index in [1.54, 1.807) is 6.92 Å². The molecular formula is C13H13FN2O4. The van der Waals surface area contributed by atoms with E-state index in [9.17, 15) is 23.9 Å². The molecule has 2 N–H and O–H groups in total. The van der Waals surface area contributed by atoms with E-state index >= 15 is 0 Å². The van der Waals surface area contributed by atoms with Crippen molar-refractivity contribution in [3.63, 3.8) is 0 Å². The number of hydrogen-bond donors (Lipinski definition) is 2. The zero-order valence-electron chi connectivity index (χ0n) is 10.7.